The van der Waals surface area contributed by atoms with Gasteiger partial charge in [0.15, 0.2) is 0 Å². The number of aryl methyl sites for hydroxylation is 2. The average Bonchev–Trinajstić information content (AvgIpc) is 3.73. The van der Waals surface area contributed by atoms with Crippen molar-refractivity contribution in [1.82, 2.24) is 20.4 Å². The molecule has 1 aliphatic heterocycles. The van der Waals surface area contributed by atoms with E-state index in [1.165, 1.54) is 6.20 Å². The van der Waals surface area contributed by atoms with Crippen molar-refractivity contribution in [2.75, 3.05) is 26.2 Å². The second-order valence-electron chi connectivity index (χ2n) is 13.5. The Labute approximate surface area is 316 Å². The highest BCUT2D eigenvalue weighted by atomic mass is 35.5. The van der Waals surface area contributed by atoms with E-state index >= 15 is 0 Å². The Bertz CT molecular complexity index is 2060. The molecule has 3 heterocycles. The second-order valence-corrected chi connectivity index (χ2v) is 13.9. The second kappa shape index (κ2) is 17.7. The maximum atomic E-state index is 9.80. The number of hydrogen-bond acceptors (Lipinski definition) is 10. The van der Waals surface area contributed by atoms with Gasteiger partial charge in [-0.05, 0) is 86.6 Å². The molecular formula is C42H46ClN5O5. The van der Waals surface area contributed by atoms with Crippen LogP contribution in [0.1, 0.15) is 63.2 Å². The van der Waals surface area contributed by atoms with E-state index in [1.54, 1.807) is 12.3 Å². The van der Waals surface area contributed by atoms with Crippen LogP contribution in [-0.4, -0.2) is 52.5 Å². The predicted molar refractivity (Wildman–Crippen MR) is 204 cm³/mol. The van der Waals surface area contributed by atoms with Crippen LogP contribution in [-0.2, 0) is 26.3 Å². The summed E-state index contributed by atoms with van der Waals surface area (Å²) >= 11 is 6.85. The maximum absolute atomic E-state index is 9.80. The highest BCUT2D eigenvalue weighted by molar-refractivity contribution is 6.32. The van der Waals surface area contributed by atoms with Crippen LogP contribution in [0.3, 0.4) is 0 Å². The Balaban J connectivity index is 1.16. The summed E-state index contributed by atoms with van der Waals surface area (Å²) < 4.78 is 24.3. The van der Waals surface area contributed by atoms with Crippen LogP contribution in [0, 0.1) is 39.0 Å². The smallest absolute Gasteiger partial charge is 0.142 e. The monoisotopic (exact) mass is 735 g/mol. The zero-order chi connectivity index (χ0) is 37.3. The standard InChI is InChI=1S/C42H46ClN5O5/c1-27-33(8-5-9-36(27)37-10-6-11-40(28(37)2)50-15-7-13-48-14-12-35(49)24-48)26-52-42-18-41(51-25-32-16-31(19-44)20-45-21-32)34(17-39(42)43)22-46-23-38-29(3)47-53-30(38)4/h5-6,8-11,16-18,20-21,35,46,49H,7,12-15,22-26H2,1-4H3. The van der Waals surface area contributed by atoms with Crippen molar-refractivity contribution < 1.29 is 23.8 Å². The molecule has 6 rings (SSSR count). The fraction of sp³-hybridized carbons (Fsp3) is 0.357. The first-order valence-electron chi connectivity index (χ1n) is 18.0. The Kier molecular flexibility index (Phi) is 12.7. The van der Waals surface area contributed by atoms with Crippen molar-refractivity contribution in [1.29, 1.82) is 5.26 Å². The van der Waals surface area contributed by atoms with Gasteiger partial charge in [-0.3, -0.25) is 4.98 Å². The molecule has 1 aliphatic rings. The van der Waals surface area contributed by atoms with E-state index in [-0.39, 0.29) is 12.7 Å². The highest BCUT2D eigenvalue weighted by Crippen LogP contribution is 2.36. The fourth-order valence-corrected chi connectivity index (χ4v) is 6.90. The lowest BCUT2D eigenvalue weighted by molar-refractivity contribution is 0.173. The predicted octanol–water partition coefficient (Wildman–Crippen LogP) is 7.78. The van der Waals surface area contributed by atoms with Crippen molar-refractivity contribution in [3.8, 4) is 34.4 Å². The first kappa shape index (κ1) is 37.8. The maximum Gasteiger partial charge on any atom is 0.142 e. The molecule has 0 saturated carbocycles. The molecule has 1 saturated heterocycles. The summed E-state index contributed by atoms with van der Waals surface area (Å²) in [6.45, 7) is 12.8. The molecule has 10 nitrogen and oxygen atoms in total. The zero-order valence-corrected chi connectivity index (χ0v) is 31.5. The number of aliphatic hydroxyl groups is 1. The van der Waals surface area contributed by atoms with E-state index in [4.69, 9.17) is 30.3 Å². The number of nitriles is 1. The number of pyridine rings is 1. The molecule has 11 heteroatoms. The van der Waals surface area contributed by atoms with Crippen LogP contribution in [0.4, 0.5) is 0 Å². The first-order chi connectivity index (χ1) is 25.7. The third kappa shape index (κ3) is 9.55. The molecule has 276 valence electrons. The molecule has 1 fully saturated rings. The van der Waals surface area contributed by atoms with E-state index < -0.39 is 0 Å². The lowest BCUT2D eigenvalue weighted by Crippen LogP contribution is -2.24. The van der Waals surface area contributed by atoms with Crippen LogP contribution in [0.5, 0.6) is 17.2 Å². The molecule has 2 N–H and O–H groups in total. The van der Waals surface area contributed by atoms with E-state index in [1.807, 2.05) is 44.2 Å². The summed E-state index contributed by atoms with van der Waals surface area (Å²) in [5, 5.41) is 27.1. The van der Waals surface area contributed by atoms with E-state index in [0.29, 0.717) is 48.4 Å². The van der Waals surface area contributed by atoms with Gasteiger partial charge in [0.1, 0.15) is 42.3 Å². The first-order valence-corrected chi connectivity index (χ1v) is 18.3. The van der Waals surface area contributed by atoms with Gasteiger partial charge in [0.25, 0.3) is 0 Å². The number of nitrogens with one attached hydrogen (secondary N) is 1. The van der Waals surface area contributed by atoms with Crippen molar-refractivity contribution in [2.45, 2.75) is 72.9 Å². The van der Waals surface area contributed by atoms with Gasteiger partial charge < -0.3 is 34.1 Å². The zero-order valence-electron chi connectivity index (χ0n) is 30.7. The third-order valence-electron chi connectivity index (χ3n) is 9.76. The van der Waals surface area contributed by atoms with Gasteiger partial charge >= 0.3 is 0 Å². The Morgan fingerprint density at radius 2 is 1.72 bits per heavy atom. The number of rotatable bonds is 16. The summed E-state index contributed by atoms with van der Waals surface area (Å²) in [6.07, 6.45) is 4.76. The van der Waals surface area contributed by atoms with Crippen LogP contribution in [0.15, 0.2) is 71.5 Å². The number of β-amino-alcohol motifs (C(OH)–C–C–N with tert-alkyl or cyclic N) is 1. The van der Waals surface area contributed by atoms with Gasteiger partial charge in [-0.15, -0.1) is 0 Å². The normalized spacial score (nSPS) is 14.3. The molecule has 0 bridgehead atoms. The van der Waals surface area contributed by atoms with Crippen molar-refractivity contribution >= 4 is 11.6 Å². The summed E-state index contributed by atoms with van der Waals surface area (Å²) in [5.74, 6) is 2.76. The van der Waals surface area contributed by atoms with Gasteiger partial charge in [0, 0.05) is 67.9 Å². The van der Waals surface area contributed by atoms with E-state index in [0.717, 1.165) is 94.2 Å². The molecule has 0 spiro atoms. The number of hydrogen-bond donors (Lipinski definition) is 2. The summed E-state index contributed by atoms with van der Waals surface area (Å²) in [7, 11) is 0. The fourth-order valence-electron chi connectivity index (χ4n) is 6.66. The molecule has 1 atom stereocenters. The molecule has 1 unspecified atom stereocenters. The molecule has 3 aromatic carbocycles. The SMILES string of the molecule is Cc1noc(C)c1CNCc1cc(Cl)c(OCc2cccc(-c3cccc(OCCCN4CCC(O)C4)c3C)c2C)cc1OCc1cncc(C#N)c1. The molecule has 0 radical (unpaired) electrons. The van der Waals surface area contributed by atoms with Crippen molar-refractivity contribution in [3.63, 3.8) is 0 Å². The van der Waals surface area contributed by atoms with Crippen molar-refractivity contribution in [3.05, 3.63) is 122 Å². The third-order valence-corrected chi connectivity index (χ3v) is 10.1. The Hall–Kier alpha value is -4.92. The number of aromatic nitrogens is 2. The minimum atomic E-state index is -0.204. The number of nitrogens with zero attached hydrogens (tertiary/aromatic N) is 4. The summed E-state index contributed by atoms with van der Waals surface area (Å²) in [6, 6.07) is 20.0. The number of aliphatic hydroxyl groups excluding tert-OH is 1. The lowest BCUT2D eigenvalue weighted by atomic mass is 9.93. The van der Waals surface area contributed by atoms with Crippen LogP contribution in [0.2, 0.25) is 5.02 Å². The largest absolute Gasteiger partial charge is 0.493 e. The molecule has 0 aliphatic carbocycles. The number of benzene rings is 3. The van der Waals surface area contributed by atoms with Gasteiger partial charge in [-0.25, -0.2) is 0 Å². The molecular weight excluding hydrogens is 690 g/mol. The van der Waals surface area contributed by atoms with E-state index in [9.17, 15) is 10.4 Å². The number of likely N-dealkylation sites (tertiary alicyclic amines) is 1. The quantitative estimate of drug-likeness (QED) is 0.0971. The molecule has 0 amide bonds. The van der Waals surface area contributed by atoms with Gasteiger partial charge in [0.05, 0.1) is 29.0 Å². The molecule has 53 heavy (non-hydrogen) atoms. The molecule has 5 aromatic rings. The van der Waals surface area contributed by atoms with Gasteiger partial charge in [0.2, 0.25) is 0 Å². The topological polar surface area (TPSA) is 126 Å². The molecule has 2 aromatic heterocycles. The van der Waals surface area contributed by atoms with Crippen LogP contribution < -0.4 is 19.5 Å². The van der Waals surface area contributed by atoms with E-state index in [2.05, 4.69) is 58.5 Å². The summed E-state index contributed by atoms with van der Waals surface area (Å²) in [5.41, 5.74) is 9.41. The number of ether oxygens (including phenoxy) is 3. The lowest BCUT2D eigenvalue weighted by Gasteiger charge is -2.19. The van der Waals surface area contributed by atoms with Gasteiger partial charge in [-0.1, -0.05) is 47.1 Å². The van der Waals surface area contributed by atoms with Gasteiger partial charge in [-0.2, -0.15) is 5.26 Å². The minimum Gasteiger partial charge on any atom is -0.493 e. The van der Waals surface area contributed by atoms with Crippen LogP contribution >= 0.6 is 11.6 Å². The van der Waals surface area contributed by atoms with Crippen molar-refractivity contribution in [2.24, 2.45) is 0 Å². The Morgan fingerprint density at radius 3 is 2.47 bits per heavy atom. The minimum absolute atomic E-state index is 0.204. The highest BCUT2D eigenvalue weighted by Gasteiger charge is 2.20. The average molecular weight is 736 g/mol. The number of halogens is 1. The Morgan fingerprint density at radius 1 is 0.925 bits per heavy atom. The van der Waals surface area contributed by atoms with Crippen LogP contribution in [0.25, 0.3) is 11.1 Å². The summed E-state index contributed by atoms with van der Waals surface area (Å²) in [4.78, 5) is 6.46.